The van der Waals surface area contributed by atoms with Gasteiger partial charge in [0.2, 0.25) is 5.95 Å². The van der Waals surface area contributed by atoms with E-state index in [1.165, 1.54) is 0 Å². The molecule has 27 heavy (non-hydrogen) atoms. The molecule has 0 spiro atoms. The van der Waals surface area contributed by atoms with Crippen LogP contribution in [0.15, 0.2) is 6.20 Å². The molecule has 2 saturated carbocycles. The van der Waals surface area contributed by atoms with Crippen molar-refractivity contribution in [1.82, 2.24) is 9.97 Å². The van der Waals surface area contributed by atoms with Gasteiger partial charge in [0.15, 0.2) is 0 Å². The number of hydrogen-bond acceptors (Lipinski definition) is 6. The van der Waals surface area contributed by atoms with Crippen molar-refractivity contribution in [2.24, 2.45) is 5.92 Å². The van der Waals surface area contributed by atoms with Crippen molar-refractivity contribution in [3.05, 3.63) is 17.5 Å². The molecule has 0 unspecified atom stereocenters. The lowest BCUT2D eigenvalue weighted by Crippen LogP contribution is -2.30. The predicted molar refractivity (Wildman–Crippen MR) is 104 cm³/mol. The molecule has 0 aliphatic heterocycles. The van der Waals surface area contributed by atoms with Gasteiger partial charge in [0.05, 0.1) is 29.2 Å². The van der Waals surface area contributed by atoms with E-state index in [0.717, 1.165) is 69.9 Å². The number of aliphatic hydroxyl groups is 1. The van der Waals surface area contributed by atoms with Gasteiger partial charge in [0.1, 0.15) is 6.07 Å². The fourth-order valence-corrected chi connectivity index (χ4v) is 4.57. The Kier molecular flexibility index (Phi) is 6.67. The van der Waals surface area contributed by atoms with Crippen LogP contribution in [0, 0.1) is 17.2 Å². The van der Waals surface area contributed by atoms with Crippen molar-refractivity contribution in [2.45, 2.75) is 88.9 Å². The first kappa shape index (κ1) is 20.0. The maximum absolute atomic E-state index is 10.5. The average Bonchev–Trinajstić information content (AvgIpc) is 2.82. The quantitative estimate of drug-likeness (QED) is 0.768. The van der Waals surface area contributed by atoms with Gasteiger partial charge in [-0.05, 0) is 64.2 Å². The van der Waals surface area contributed by atoms with Gasteiger partial charge in [-0.25, -0.2) is 9.97 Å². The third kappa shape index (κ3) is 5.63. The fraction of sp³-hybridized carbons (Fsp3) is 0.762. The van der Waals surface area contributed by atoms with Gasteiger partial charge in [0, 0.05) is 13.2 Å². The fourth-order valence-electron chi connectivity index (χ4n) is 4.57. The summed E-state index contributed by atoms with van der Waals surface area (Å²) in [6.07, 6.45) is 11.8. The van der Waals surface area contributed by atoms with Crippen molar-refractivity contribution in [2.75, 3.05) is 12.4 Å². The van der Waals surface area contributed by atoms with Gasteiger partial charge in [-0.3, -0.25) is 0 Å². The predicted octanol–water partition coefficient (Wildman–Crippen LogP) is 3.59. The molecule has 2 fully saturated rings. The number of hydrogen-bond donors (Lipinski definition) is 2. The molecule has 1 aromatic heterocycles. The van der Waals surface area contributed by atoms with E-state index in [2.05, 4.69) is 16.4 Å². The summed E-state index contributed by atoms with van der Waals surface area (Å²) >= 11 is 0. The Hall–Kier alpha value is -1.71. The Morgan fingerprint density at radius 2 is 2.07 bits per heavy atom. The molecule has 6 nitrogen and oxygen atoms in total. The van der Waals surface area contributed by atoms with Crippen LogP contribution in [-0.2, 0) is 11.2 Å². The van der Waals surface area contributed by atoms with Gasteiger partial charge < -0.3 is 15.2 Å². The van der Waals surface area contributed by atoms with Crippen LogP contribution in [0.2, 0.25) is 0 Å². The molecule has 148 valence electrons. The number of methoxy groups -OCH3 is 1. The van der Waals surface area contributed by atoms with Crippen LogP contribution in [0.25, 0.3) is 0 Å². The van der Waals surface area contributed by atoms with Crippen LogP contribution in [0.5, 0.6) is 0 Å². The highest BCUT2D eigenvalue weighted by atomic mass is 16.5. The maximum atomic E-state index is 10.5. The summed E-state index contributed by atoms with van der Waals surface area (Å²) in [6, 6.07) is 2.59. The average molecular weight is 373 g/mol. The molecule has 1 aromatic rings. The van der Waals surface area contributed by atoms with Crippen LogP contribution in [0.4, 0.5) is 5.95 Å². The van der Waals surface area contributed by atoms with E-state index >= 15 is 0 Å². The van der Waals surface area contributed by atoms with Crippen LogP contribution in [-0.4, -0.2) is 39.9 Å². The van der Waals surface area contributed by atoms with Crippen LogP contribution in [0.3, 0.4) is 0 Å². The van der Waals surface area contributed by atoms with Gasteiger partial charge in [0.25, 0.3) is 0 Å². The van der Waals surface area contributed by atoms with Crippen molar-refractivity contribution in [3.8, 4) is 6.07 Å². The molecule has 0 amide bonds. The number of nitriles is 1. The zero-order valence-electron chi connectivity index (χ0n) is 16.6. The van der Waals surface area contributed by atoms with Crippen LogP contribution >= 0.6 is 0 Å². The molecule has 0 radical (unpaired) electrons. The normalized spacial score (nSPS) is 31.7. The first-order valence-electron chi connectivity index (χ1n) is 10.3. The third-order valence-electron chi connectivity index (χ3n) is 6.12. The van der Waals surface area contributed by atoms with Crippen LogP contribution < -0.4 is 5.32 Å². The minimum Gasteiger partial charge on any atom is -0.390 e. The highest BCUT2D eigenvalue weighted by Crippen LogP contribution is 2.33. The topological polar surface area (TPSA) is 91.1 Å². The molecule has 1 heterocycles. The molecule has 2 aliphatic carbocycles. The lowest BCUT2D eigenvalue weighted by Gasteiger charge is -2.28. The van der Waals surface area contributed by atoms with Crippen molar-refractivity contribution < 1.29 is 9.84 Å². The van der Waals surface area contributed by atoms with Gasteiger partial charge in [-0.2, -0.15) is 5.26 Å². The molecule has 0 aromatic carbocycles. The molecular weight excluding hydrogens is 340 g/mol. The zero-order chi connectivity index (χ0) is 19.3. The molecule has 2 aliphatic rings. The van der Waals surface area contributed by atoms with E-state index in [1.807, 2.05) is 6.92 Å². The van der Waals surface area contributed by atoms with Crippen molar-refractivity contribution in [3.63, 3.8) is 0 Å². The summed E-state index contributed by atoms with van der Waals surface area (Å²) in [5.74, 6) is 0.972. The Labute approximate surface area is 162 Å². The van der Waals surface area contributed by atoms with E-state index in [9.17, 15) is 10.4 Å². The van der Waals surface area contributed by atoms with E-state index in [-0.39, 0.29) is 0 Å². The zero-order valence-corrected chi connectivity index (χ0v) is 16.6. The first-order chi connectivity index (χ1) is 13.0. The minimum absolute atomic E-state index is 0.356. The van der Waals surface area contributed by atoms with E-state index in [0.29, 0.717) is 29.6 Å². The Morgan fingerprint density at radius 3 is 2.78 bits per heavy atom. The molecule has 2 atom stereocenters. The number of nitrogens with zero attached hydrogens (tertiary/aromatic N) is 3. The highest BCUT2D eigenvalue weighted by molar-refractivity contribution is 5.37. The largest absolute Gasteiger partial charge is 0.390 e. The van der Waals surface area contributed by atoms with Crippen molar-refractivity contribution in [1.29, 1.82) is 5.26 Å². The van der Waals surface area contributed by atoms with E-state index in [4.69, 9.17) is 9.72 Å². The van der Waals surface area contributed by atoms with E-state index < -0.39 is 5.60 Å². The second-order valence-corrected chi connectivity index (χ2v) is 8.54. The Morgan fingerprint density at radius 1 is 1.30 bits per heavy atom. The Bertz CT molecular complexity index is 663. The smallest absolute Gasteiger partial charge is 0.223 e. The van der Waals surface area contributed by atoms with Crippen LogP contribution in [0.1, 0.15) is 76.0 Å². The SMILES string of the molecule is COC1CCC(Nc2ncc(C#N)c(C[C@@H]3CCCC[C@](C)(O)C3)n2)CC1. The Balaban J connectivity index is 1.67. The maximum Gasteiger partial charge on any atom is 0.223 e. The number of nitrogens with one attached hydrogen (secondary N) is 1. The molecular formula is C21H32N4O2. The van der Waals surface area contributed by atoms with Gasteiger partial charge in [-0.1, -0.05) is 12.8 Å². The number of anilines is 1. The lowest BCUT2D eigenvalue weighted by molar-refractivity contribution is 0.0318. The summed E-state index contributed by atoms with van der Waals surface area (Å²) in [6.45, 7) is 1.93. The third-order valence-corrected chi connectivity index (χ3v) is 6.12. The number of ether oxygens (including phenoxy) is 1. The molecule has 2 N–H and O–H groups in total. The summed E-state index contributed by atoms with van der Waals surface area (Å²) < 4.78 is 5.44. The number of aromatic nitrogens is 2. The van der Waals surface area contributed by atoms with Crippen molar-refractivity contribution >= 4 is 5.95 Å². The lowest BCUT2D eigenvalue weighted by atomic mass is 9.87. The minimum atomic E-state index is -0.609. The first-order valence-corrected chi connectivity index (χ1v) is 10.3. The number of rotatable bonds is 5. The van der Waals surface area contributed by atoms with Gasteiger partial charge >= 0.3 is 0 Å². The molecule has 0 saturated heterocycles. The second-order valence-electron chi connectivity index (χ2n) is 8.54. The summed E-state index contributed by atoms with van der Waals surface area (Å²) in [5.41, 5.74) is 0.748. The highest BCUT2D eigenvalue weighted by Gasteiger charge is 2.29. The summed E-state index contributed by atoms with van der Waals surface area (Å²) in [5, 5.41) is 23.4. The monoisotopic (exact) mass is 372 g/mol. The van der Waals surface area contributed by atoms with E-state index in [1.54, 1.807) is 13.3 Å². The molecule has 0 bridgehead atoms. The molecule has 6 heteroatoms. The standard InChI is InChI=1S/C21H32N4O2/c1-21(26)10-4-3-5-15(12-21)11-19-16(13-22)14-23-20(25-19)24-17-6-8-18(27-2)9-7-17/h14-15,17-18,26H,3-12H2,1-2H3,(H,23,24,25)/t15-,17?,18?,21-/m0/s1. The van der Waals surface area contributed by atoms with Gasteiger partial charge in [-0.15, -0.1) is 0 Å². The second kappa shape index (κ2) is 8.99. The summed E-state index contributed by atoms with van der Waals surface area (Å²) in [4.78, 5) is 9.05. The molecule has 3 rings (SSSR count). The summed E-state index contributed by atoms with van der Waals surface area (Å²) in [7, 11) is 1.78.